The third kappa shape index (κ3) is 6.24. The fraction of sp³-hybridized carbons (Fsp3) is 0. The number of benzene rings is 9. The van der Waals surface area contributed by atoms with Crippen LogP contribution in [0.3, 0.4) is 0 Å². The van der Waals surface area contributed by atoms with E-state index in [-0.39, 0.29) is 0 Å². The van der Waals surface area contributed by atoms with Crippen molar-refractivity contribution < 1.29 is 4.42 Å². The largest absolute Gasteiger partial charge is 0.456 e. The maximum atomic E-state index is 6.41. The lowest BCUT2D eigenvalue weighted by Gasteiger charge is -2.26. The third-order valence-corrected chi connectivity index (χ3v) is 10.7. The summed E-state index contributed by atoms with van der Waals surface area (Å²) >= 11 is 0. The Balaban J connectivity index is 1.08. The van der Waals surface area contributed by atoms with E-state index in [1.165, 1.54) is 38.9 Å². The maximum absolute atomic E-state index is 6.41. The quantitative estimate of drug-likeness (QED) is 0.156. The lowest BCUT2D eigenvalue weighted by atomic mass is 9.89. The molecule has 0 aliphatic rings. The third-order valence-electron chi connectivity index (χ3n) is 10.7. The Hall–Kier alpha value is -7.42. The van der Waals surface area contributed by atoms with E-state index >= 15 is 0 Å². The summed E-state index contributed by atoms with van der Waals surface area (Å²) in [6, 6.07) is 80.0. The van der Waals surface area contributed by atoms with Crippen molar-refractivity contribution in [1.29, 1.82) is 0 Å². The highest BCUT2D eigenvalue weighted by Crippen LogP contribution is 2.44. The molecule has 9 aromatic carbocycles. The minimum atomic E-state index is 0.887. The van der Waals surface area contributed by atoms with Gasteiger partial charge < -0.3 is 9.32 Å². The minimum Gasteiger partial charge on any atom is -0.456 e. The number of nitrogens with zero attached hydrogens (tertiary/aromatic N) is 1. The van der Waals surface area contributed by atoms with Gasteiger partial charge in [0.15, 0.2) is 0 Å². The highest BCUT2D eigenvalue weighted by atomic mass is 16.3. The number of para-hydroxylation sites is 1. The van der Waals surface area contributed by atoms with E-state index in [4.69, 9.17) is 4.42 Å². The number of hydrogen-bond donors (Lipinski definition) is 0. The van der Waals surface area contributed by atoms with Crippen molar-refractivity contribution in [3.05, 3.63) is 224 Å². The number of anilines is 3. The molecular formula is C54H37NO. The zero-order valence-corrected chi connectivity index (χ0v) is 30.7. The lowest BCUT2D eigenvalue weighted by molar-refractivity contribution is 0.669. The molecule has 0 saturated carbocycles. The molecule has 1 aromatic heterocycles. The van der Waals surface area contributed by atoms with E-state index in [2.05, 4.69) is 223 Å². The van der Waals surface area contributed by atoms with Gasteiger partial charge in [0.1, 0.15) is 11.2 Å². The number of furan rings is 1. The Morgan fingerprint density at radius 2 is 0.643 bits per heavy atom. The molecule has 264 valence electrons. The molecule has 1 heterocycles. The van der Waals surface area contributed by atoms with Gasteiger partial charge in [0.2, 0.25) is 0 Å². The molecule has 0 unspecified atom stereocenters. The monoisotopic (exact) mass is 715 g/mol. The zero-order chi connectivity index (χ0) is 37.3. The first-order valence-corrected chi connectivity index (χ1v) is 19.1. The second-order valence-electron chi connectivity index (χ2n) is 14.1. The smallest absolute Gasteiger partial charge is 0.136 e. The summed E-state index contributed by atoms with van der Waals surface area (Å²) in [7, 11) is 0. The first-order valence-electron chi connectivity index (χ1n) is 19.1. The van der Waals surface area contributed by atoms with Crippen molar-refractivity contribution in [2.24, 2.45) is 0 Å². The molecule has 0 radical (unpaired) electrons. The van der Waals surface area contributed by atoms with E-state index in [0.29, 0.717) is 0 Å². The summed E-state index contributed by atoms with van der Waals surface area (Å²) in [5, 5.41) is 2.25. The number of rotatable bonds is 8. The molecule has 0 atom stereocenters. The lowest BCUT2D eigenvalue weighted by Crippen LogP contribution is -2.09. The first kappa shape index (κ1) is 33.2. The molecule has 10 rings (SSSR count). The van der Waals surface area contributed by atoms with Crippen LogP contribution in [0.1, 0.15) is 0 Å². The molecule has 0 N–H and O–H groups in total. The van der Waals surface area contributed by atoms with Crippen molar-refractivity contribution >= 4 is 39.0 Å². The Morgan fingerprint density at radius 3 is 1.12 bits per heavy atom. The summed E-state index contributed by atoms with van der Waals surface area (Å²) in [6.07, 6.45) is 0. The summed E-state index contributed by atoms with van der Waals surface area (Å²) in [6.45, 7) is 0. The van der Waals surface area contributed by atoms with Gasteiger partial charge in [-0.15, -0.1) is 0 Å². The predicted octanol–water partition coefficient (Wildman–Crippen LogP) is 15.4. The van der Waals surface area contributed by atoms with Crippen LogP contribution in [0.4, 0.5) is 17.1 Å². The van der Waals surface area contributed by atoms with Gasteiger partial charge in [-0.05, 0) is 98.6 Å². The molecule has 2 heteroatoms. The standard InChI is InChI=1S/C54H37NO/c1-4-12-38(13-5-1)41-20-22-45(23-21-41)53-49(36-37-52-54(53)50-18-10-11-19-51(50)56-52)44-28-34-48(35-29-44)55(46-30-24-42(25-31-46)39-14-6-2-7-15-39)47-32-26-43(27-33-47)40-16-8-3-9-17-40/h1-37H. The van der Waals surface area contributed by atoms with Gasteiger partial charge in [-0.3, -0.25) is 0 Å². The molecule has 0 saturated heterocycles. The Kier molecular flexibility index (Phi) is 8.55. The van der Waals surface area contributed by atoms with E-state index in [9.17, 15) is 0 Å². The van der Waals surface area contributed by atoms with E-state index < -0.39 is 0 Å². The van der Waals surface area contributed by atoms with E-state index in [1.807, 2.05) is 6.07 Å². The van der Waals surface area contributed by atoms with Crippen LogP contribution in [0.2, 0.25) is 0 Å². The average molecular weight is 716 g/mol. The fourth-order valence-electron chi connectivity index (χ4n) is 7.92. The Labute approximate surface area is 327 Å². The molecular weight excluding hydrogens is 679 g/mol. The van der Waals surface area contributed by atoms with Crippen molar-refractivity contribution in [2.75, 3.05) is 4.90 Å². The zero-order valence-electron chi connectivity index (χ0n) is 30.7. The fourth-order valence-corrected chi connectivity index (χ4v) is 7.92. The SMILES string of the molecule is c1ccc(-c2ccc(-c3c(-c4ccc(N(c5ccc(-c6ccccc6)cc5)c5ccc(-c6ccccc6)cc5)cc4)ccc4oc5ccccc5c34)cc2)cc1. The molecule has 0 bridgehead atoms. The molecule has 0 fully saturated rings. The maximum Gasteiger partial charge on any atom is 0.136 e. The molecule has 2 nitrogen and oxygen atoms in total. The van der Waals surface area contributed by atoms with Crippen LogP contribution in [0.25, 0.3) is 77.6 Å². The van der Waals surface area contributed by atoms with Crippen molar-refractivity contribution in [1.82, 2.24) is 0 Å². The normalized spacial score (nSPS) is 11.2. The molecule has 0 aliphatic carbocycles. The van der Waals surface area contributed by atoms with E-state index in [1.54, 1.807) is 0 Å². The van der Waals surface area contributed by atoms with Gasteiger partial charge in [-0.1, -0.05) is 176 Å². The second-order valence-corrected chi connectivity index (χ2v) is 14.1. The van der Waals surface area contributed by atoms with Gasteiger partial charge in [0, 0.05) is 33.4 Å². The average Bonchev–Trinajstić information content (AvgIpc) is 3.67. The number of hydrogen-bond acceptors (Lipinski definition) is 2. The van der Waals surface area contributed by atoms with Gasteiger partial charge in [-0.2, -0.15) is 0 Å². The summed E-state index contributed by atoms with van der Waals surface area (Å²) in [4.78, 5) is 2.34. The summed E-state index contributed by atoms with van der Waals surface area (Å²) in [5.74, 6) is 0. The van der Waals surface area contributed by atoms with Crippen LogP contribution in [0, 0.1) is 0 Å². The number of fused-ring (bicyclic) bond motifs is 3. The topological polar surface area (TPSA) is 16.4 Å². The molecule has 56 heavy (non-hydrogen) atoms. The van der Waals surface area contributed by atoms with Crippen LogP contribution in [-0.2, 0) is 0 Å². The Morgan fingerprint density at radius 1 is 0.268 bits per heavy atom. The van der Waals surface area contributed by atoms with Gasteiger partial charge >= 0.3 is 0 Å². The van der Waals surface area contributed by atoms with Crippen LogP contribution in [0.15, 0.2) is 229 Å². The molecule has 0 amide bonds. The second kappa shape index (κ2) is 14.4. The van der Waals surface area contributed by atoms with Gasteiger partial charge in [0.25, 0.3) is 0 Å². The Bertz CT molecular complexity index is 2810. The van der Waals surface area contributed by atoms with Crippen molar-refractivity contribution in [3.8, 4) is 55.6 Å². The predicted molar refractivity (Wildman–Crippen MR) is 236 cm³/mol. The van der Waals surface area contributed by atoms with Crippen molar-refractivity contribution in [3.63, 3.8) is 0 Å². The van der Waals surface area contributed by atoms with Crippen LogP contribution < -0.4 is 4.90 Å². The van der Waals surface area contributed by atoms with Gasteiger partial charge in [0.05, 0.1) is 0 Å². The summed E-state index contributed by atoms with van der Waals surface area (Å²) < 4.78 is 6.41. The van der Waals surface area contributed by atoms with Crippen LogP contribution in [-0.4, -0.2) is 0 Å². The van der Waals surface area contributed by atoms with Gasteiger partial charge in [-0.25, -0.2) is 0 Å². The van der Waals surface area contributed by atoms with Crippen molar-refractivity contribution in [2.45, 2.75) is 0 Å². The first-order chi connectivity index (χ1) is 27.8. The van der Waals surface area contributed by atoms with Crippen LogP contribution in [0.5, 0.6) is 0 Å². The highest BCUT2D eigenvalue weighted by Gasteiger charge is 2.19. The molecule has 10 aromatic rings. The minimum absolute atomic E-state index is 0.887. The molecule has 0 aliphatic heterocycles. The summed E-state index contributed by atoms with van der Waals surface area (Å²) in [5.41, 5.74) is 16.9. The molecule has 0 spiro atoms. The van der Waals surface area contributed by atoms with Crippen LogP contribution >= 0.6 is 0 Å². The highest BCUT2D eigenvalue weighted by molar-refractivity contribution is 6.16. The van der Waals surface area contributed by atoms with E-state index in [0.717, 1.165) is 55.7 Å².